The number of ether oxygens (including phenoxy) is 1. The smallest absolute Gasteiger partial charge is 0.166 e. The normalized spacial score (nSPS) is 12.8. The fraction of sp³-hybridized carbons (Fsp3) is 0.462. The van der Waals surface area contributed by atoms with Crippen LogP contribution in [0.1, 0.15) is 19.4 Å². The summed E-state index contributed by atoms with van der Waals surface area (Å²) in [5.74, 6) is -0.386. The van der Waals surface area contributed by atoms with E-state index in [0.717, 1.165) is 0 Å². The Labute approximate surface area is 106 Å². The minimum Gasteiger partial charge on any atom is -0.373 e. The van der Waals surface area contributed by atoms with E-state index in [1.807, 2.05) is 13.8 Å². The van der Waals surface area contributed by atoms with Gasteiger partial charge < -0.3 is 4.74 Å². The maximum absolute atomic E-state index is 12.9. The van der Waals surface area contributed by atoms with E-state index in [0.29, 0.717) is 5.56 Å². The molecule has 4 heteroatoms. The highest BCUT2D eigenvalue weighted by atomic mass is 35.5. The molecule has 0 fully saturated rings. The summed E-state index contributed by atoms with van der Waals surface area (Å²) in [5, 5.41) is 0.0359. The lowest BCUT2D eigenvalue weighted by atomic mass is 9.98. The van der Waals surface area contributed by atoms with Gasteiger partial charge in [-0.25, -0.2) is 4.39 Å². The van der Waals surface area contributed by atoms with Crippen molar-refractivity contribution in [2.45, 2.75) is 26.4 Å². The number of methoxy groups -OCH3 is 1. The van der Waals surface area contributed by atoms with Crippen molar-refractivity contribution in [3.05, 3.63) is 34.6 Å². The lowest BCUT2D eigenvalue weighted by Gasteiger charge is -2.17. The van der Waals surface area contributed by atoms with Crippen LogP contribution in [0.3, 0.4) is 0 Å². The maximum atomic E-state index is 12.9. The molecule has 0 aliphatic rings. The molecule has 2 nitrogen and oxygen atoms in total. The van der Waals surface area contributed by atoms with Gasteiger partial charge in [-0.3, -0.25) is 4.79 Å². The van der Waals surface area contributed by atoms with Gasteiger partial charge in [0.25, 0.3) is 0 Å². The van der Waals surface area contributed by atoms with Crippen molar-refractivity contribution >= 4 is 17.4 Å². The van der Waals surface area contributed by atoms with Gasteiger partial charge in [-0.1, -0.05) is 31.5 Å². The number of Topliss-reactive ketones (excluding diaryl/α,β-unsaturated/α-hetero) is 1. The van der Waals surface area contributed by atoms with Crippen molar-refractivity contribution in [3.63, 3.8) is 0 Å². The summed E-state index contributed by atoms with van der Waals surface area (Å²) in [6, 6.07) is 4.30. The van der Waals surface area contributed by atoms with Crippen molar-refractivity contribution < 1.29 is 13.9 Å². The highest BCUT2D eigenvalue weighted by Crippen LogP contribution is 2.18. The molecule has 0 amide bonds. The second-order valence-electron chi connectivity index (χ2n) is 4.29. The minimum absolute atomic E-state index is 0.0230. The zero-order chi connectivity index (χ0) is 13.0. The van der Waals surface area contributed by atoms with Gasteiger partial charge in [0.2, 0.25) is 0 Å². The molecule has 1 aromatic rings. The van der Waals surface area contributed by atoms with Crippen molar-refractivity contribution in [3.8, 4) is 0 Å². The molecule has 0 spiro atoms. The van der Waals surface area contributed by atoms with Crippen molar-refractivity contribution in [1.82, 2.24) is 0 Å². The van der Waals surface area contributed by atoms with E-state index in [1.165, 1.54) is 19.2 Å². The molecule has 0 aliphatic heterocycles. The molecule has 1 atom stereocenters. The highest BCUT2D eigenvalue weighted by molar-refractivity contribution is 6.30. The number of carbonyl (C=O) groups excluding carboxylic acids is 1. The molecule has 0 saturated carbocycles. The van der Waals surface area contributed by atoms with Crippen LogP contribution in [0.25, 0.3) is 0 Å². The van der Waals surface area contributed by atoms with Crippen molar-refractivity contribution in [2.24, 2.45) is 5.92 Å². The van der Waals surface area contributed by atoms with Crippen LogP contribution in [0, 0.1) is 11.7 Å². The number of ketones is 1. The van der Waals surface area contributed by atoms with E-state index >= 15 is 0 Å². The van der Waals surface area contributed by atoms with E-state index in [2.05, 4.69) is 0 Å². The molecule has 0 radical (unpaired) electrons. The average Bonchev–Trinajstić information content (AvgIpc) is 2.24. The first-order chi connectivity index (χ1) is 7.95. The molecule has 0 N–H and O–H groups in total. The molecular weight excluding hydrogens is 243 g/mol. The molecule has 1 aromatic carbocycles. The first kappa shape index (κ1) is 14.1. The quantitative estimate of drug-likeness (QED) is 0.810. The number of halogens is 2. The predicted molar refractivity (Wildman–Crippen MR) is 65.8 cm³/mol. The fourth-order valence-corrected chi connectivity index (χ4v) is 1.93. The van der Waals surface area contributed by atoms with Gasteiger partial charge in [0.05, 0.1) is 5.02 Å². The Morgan fingerprint density at radius 2 is 2.12 bits per heavy atom. The molecule has 0 bridgehead atoms. The fourth-order valence-electron chi connectivity index (χ4n) is 1.73. The average molecular weight is 259 g/mol. The molecule has 0 heterocycles. The van der Waals surface area contributed by atoms with Crippen LogP contribution in [0.15, 0.2) is 18.2 Å². The van der Waals surface area contributed by atoms with E-state index in [4.69, 9.17) is 16.3 Å². The van der Waals surface area contributed by atoms with Gasteiger partial charge >= 0.3 is 0 Å². The van der Waals surface area contributed by atoms with E-state index in [-0.39, 0.29) is 23.1 Å². The van der Waals surface area contributed by atoms with Crippen molar-refractivity contribution in [1.29, 1.82) is 0 Å². The Balaban J connectivity index is 2.77. The Morgan fingerprint density at radius 3 is 2.59 bits per heavy atom. The molecule has 94 valence electrons. The Bertz CT molecular complexity index is 404. The van der Waals surface area contributed by atoms with Gasteiger partial charge in [0.1, 0.15) is 11.9 Å². The zero-order valence-electron chi connectivity index (χ0n) is 10.2. The van der Waals surface area contributed by atoms with Crippen LogP contribution in [-0.4, -0.2) is 19.0 Å². The summed E-state index contributed by atoms with van der Waals surface area (Å²) < 4.78 is 18.1. The molecular formula is C13H16ClFO2. The van der Waals surface area contributed by atoms with Gasteiger partial charge in [-0.05, 0) is 23.6 Å². The predicted octanol–water partition coefficient (Wildman–Crippen LogP) is 3.26. The lowest BCUT2D eigenvalue weighted by Crippen LogP contribution is -2.29. The molecule has 17 heavy (non-hydrogen) atoms. The summed E-state index contributed by atoms with van der Waals surface area (Å²) in [7, 11) is 1.51. The summed E-state index contributed by atoms with van der Waals surface area (Å²) in [6.45, 7) is 3.84. The molecule has 0 aromatic heterocycles. The number of hydrogen-bond acceptors (Lipinski definition) is 2. The largest absolute Gasteiger partial charge is 0.373 e. The highest BCUT2D eigenvalue weighted by Gasteiger charge is 2.21. The number of rotatable bonds is 5. The number of benzene rings is 1. The van der Waals surface area contributed by atoms with E-state index in [1.54, 1.807) is 6.07 Å². The van der Waals surface area contributed by atoms with Crippen LogP contribution in [0.4, 0.5) is 4.39 Å². The third kappa shape index (κ3) is 3.79. The molecule has 1 unspecified atom stereocenters. The summed E-state index contributed by atoms with van der Waals surface area (Å²) in [5.41, 5.74) is 0.698. The molecule has 0 aliphatic carbocycles. The third-order valence-electron chi connectivity index (χ3n) is 2.54. The van der Waals surface area contributed by atoms with Crippen molar-refractivity contribution in [2.75, 3.05) is 7.11 Å². The summed E-state index contributed by atoms with van der Waals surface area (Å²) in [6.07, 6.45) is -0.227. The topological polar surface area (TPSA) is 26.3 Å². The monoisotopic (exact) mass is 258 g/mol. The van der Waals surface area contributed by atoms with Crippen LogP contribution < -0.4 is 0 Å². The van der Waals surface area contributed by atoms with Crippen LogP contribution in [0.2, 0.25) is 5.02 Å². The second kappa shape index (κ2) is 6.12. The van der Waals surface area contributed by atoms with Crippen LogP contribution in [-0.2, 0) is 16.0 Å². The Morgan fingerprint density at radius 1 is 1.47 bits per heavy atom. The summed E-state index contributed by atoms with van der Waals surface area (Å²) in [4.78, 5) is 11.9. The standard InChI is InChI=1S/C13H16ClFO2/c1-8(2)13(17-3)12(16)7-9-4-5-11(15)10(14)6-9/h4-6,8,13H,7H2,1-3H3. The first-order valence-corrected chi connectivity index (χ1v) is 5.83. The van der Waals surface area contributed by atoms with Gasteiger partial charge in [0.15, 0.2) is 5.78 Å². The van der Waals surface area contributed by atoms with E-state index in [9.17, 15) is 9.18 Å². The van der Waals surface area contributed by atoms with Gasteiger partial charge in [-0.2, -0.15) is 0 Å². The zero-order valence-corrected chi connectivity index (χ0v) is 10.9. The van der Waals surface area contributed by atoms with Crippen LogP contribution in [0.5, 0.6) is 0 Å². The molecule has 1 rings (SSSR count). The van der Waals surface area contributed by atoms with E-state index < -0.39 is 11.9 Å². The molecule has 0 saturated heterocycles. The second-order valence-corrected chi connectivity index (χ2v) is 4.70. The maximum Gasteiger partial charge on any atom is 0.166 e. The third-order valence-corrected chi connectivity index (χ3v) is 2.83. The van der Waals surface area contributed by atoms with Gasteiger partial charge in [0, 0.05) is 13.5 Å². The first-order valence-electron chi connectivity index (χ1n) is 5.45. The van der Waals surface area contributed by atoms with Crippen LogP contribution >= 0.6 is 11.6 Å². The summed E-state index contributed by atoms with van der Waals surface area (Å²) >= 11 is 5.66. The van der Waals surface area contributed by atoms with Gasteiger partial charge in [-0.15, -0.1) is 0 Å². The SMILES string of the molecule is COC(C(=O)Cc1ccc(F)c(Cl)c1)C(C)C. The Kier molecular flexibility index (Phi) is 5.09. The minimum atomic E-state index is -0.477. The Hall–Kier alpha value is -0.930. The number of carbonyl (C=O) groups is 1. The lowest BCUT2D eigenvalue weighted by molar-refractivity contribution is -0.130. The number of hydrogen-bond donors (Lipinski definition) is 0.